The average Bonchev–Trinajstić information content (AvgIpc) is 2.82. The number of likely N-dealkylation sites (N-methyl/N-ethyl adjacent to an activating group) is 1. The zero-order chi connectivity index (χ0) is 12.3. The first kappa shape index (κ1) is 11.7. The van der Waals surface area contributed by atoms with Crippen molar-refractivity contribution in [3.8, 4) is 10.6 Å². The number of carbonyl (C=O) groups is 1. The molecule has 0 bridgehead atoms. The van der Waals surface area contributed by atoms with E-state index in [1.165, 1.54) is 0 Å². The van der Waals surface area contributed by atoms with Crippen molar-refractivity contribution in [2.45, 2.75) is 6.92 Å². The predicted octanol–water partition coefficient (Wildman–Crippen LogP) is 2.23. The summed E-state index contributed by atoms with van der Waals surface area (Å²) in [6.45, 7) is 1.91. The van der Waals surface area contributed by atoms with E-state index in [0.29, 0.717) is 12.4 Å². The molecule has 4 nitrogen and oxygen atoms in total. The summed E-state index contributed by atoms with van der Waals surface area (Å²) in [4.78, 5) is 13.9. The number of ketones is 1. The number of anilines is 1. The first-order valence-electron chi connectivity index (χ1n) is 5.25. The number of hydrogen-bond donors (Lipinski definition) is 0. The third-order valence-electron chi connectivity index (χ3n) is 2.28. The normalized spacial score (nSPS) is 10.2. The van der Waals surface area contributed by atoms with Gasteiger partial charge in [0.2, 0.25) is 0 Å². The second kappa shape index (κ2) is 5.05. The molecular weight excluding hydrogens is 234 g/mol. The van der Waals surface area contributed by atoms with E-state index in [-0.39, 0.29) is 5.78 Å². The summed E-state index contributed by atoms with van der Waals surface area (Å²) in [5, 5.41) is 10.3. The van der Waals surface area contributed by atoms with Crippen LogP contribution in [0.3, 0.4) is 0 Å². The van der Waals surface area contributed by atoms with Crippen LogP contribution in [0.15, 0.2) is 29.6 Å². The topological polar surface area (TPSA) is 46.1 Å². The number of nitrogens with zero attached hydrogens (tertiary/aromatic N) is 3. The van der Waals surface area contributed by atoms with Gasteiger partial charge in [0, 0.05) is 7.05 Å². The SMILES string of the molecule is CC(=O)CN(C)c1ccc(-c2cccs2)nn1. The van der Waals surface area contributed by atoms with Gasteiger partial charge in [0.25, 0.3) is 0 Å². The Morgan fingerprint density at radius 3 is 2.71 bits per heavy atom. The van der Waals surface area contributed by atoms with Crippen molar-refractivity contribution in [3.05, 3.63) is 29.6 Å². The third-order valence-corrected chi connectivity index (χ3v) is 3.17. The molecule has 0 spiro atoms. The highest BCUT2D eigenvalue weighted by atomic mass is 32.1. The molecule has 2 heterocycles. The zero-order valence-electron chi connectivity index (χ0n) is 9.75. The Morgan fingerprint density at radius 1 is 1.35 bits per heavy atom. The van der Waals surface area contributed by atoms with E-state index in [4.69, 9.17) is 0 Å². The van der Waals surface area contributed by atoms with E-state index in [0.717, 1.165) is 10.6 Å². The van der Waals surface area contributed by atoms with Crippen LogP contribution >= 0.6 is 11.3 Å². The smallest absolute Gasteiger partial charge is 0.151 e. The lowest BCUT2D eigenvalue weighted by Gasteiger charge is -2.15. The molecule has 0 aliphatic heterocycles. The molecule has 0 atom stereocenters. The van der Waals surface area contributed by atoms with Crippen LogP contribution in [0, 0.1) is 0 Å². The quantitative estimate of drug-likeness (QED) is 0.831. The molecule has 2 aromatic rings. The van der Waals surface area contributed by atoms with Crippen LogP contribution in [0.2, 0.25) is 0 Å². The highest BCUT2D eigenvalue weighted by Gasteiger charge is 2.07. The maximum atomic E-state index is 11.0. The fourth-order valence-electron chi connectivity index (χ4n) is 1.50. The van der Waals surface area contributed by atoms with Crippen molar-refractivity contribution >= 4 is 22.9 Å². The summed E-state index contributed by atoms with van der Waals surface area (Å²) in [5.41, 5.74) is 0.861. The van der Waals surface area contributed by atoms with Gasteiger partial charge in [-0.15, -0.1) is 21.5 Å². The van der Waals surface area contributed by atoms with Crippen molar-refractivity contribution in [2.24, 2.45) is 0 Å². The van der Waals surface area contributed by atoms with Crippen LogP contribution in [-0.4, -0.2) is 29.6 Å². The van der Waals surface area contributed by atoms with Crippen LogP contribution < -0.4 is 4.90 Å². The molecule has 0 saturated heterocycles. The molecule has 5 heteroatoms. The summed E-state index contributed by atoms with van der Waals surface area (Å²) < 4.78 is 0. The van der Waals surface area contributed by atoms with Crippen LogP contribution in [0.4, 0.5) is 5.82 Å². The average molecular weight is 247 g/mol. The molecular formula is C12H13N3OS. The lowest BCUT2D eigenvalue weighted by atomic mass is 10.3. The lowest BCUT2D eigenvalue weighted by molar-refractivity contribution is -0.115. The molecule has 0 aliphatic carbocycles. The first-order valence-corrected chi connectivity index (χ1v) is 6.13. The second-order valence-electron chi connectivity index (χ2n) is 3.81. The minimum atomic E-state index is 0.108. The van der Waals surface area contributed by atoms with Gasteiger partial charge in [-0.25, -0.2) is 0 Å². The zero-order valence-corrected chi connectivity index (χ0v) is 10.6. The van der Waals surface area contributed by atoms with Crippen molar-refractivity contribution < 1.29 is 4.79 Å². The van der Waals surface area contributed by atoms with Gasteiger partial charge in [-0.05, 0) is 30.5 Å². The fourth-order valence-corrected chi connectivity index (χ4v) is 2.19. The number of aromatic nitrogens is 2. The number of Topliss-reactive ketones (excluding diaryl/α,β-unsaturated/α-hetero) is 1. The number of thiophene rings is 1. The monoisotopic (exact) mass is 247 g/mol. The van der Waals surface area contributed by atoms with Gasteiger partial charge in [-0.1, -0.05) is 6.07 Å². The Hall–Kier alpha value is -1.75. The lowest BCUT2D eigenvalue weighted by Crippen LogP contribution is -2.24. The molecule has 0 aliphatic rings. The molecule has 0 saturated carbocycles. The Labute approximate surface area is 104 Å². The summed E-state index contributed by atoms with van der Waals surface area (Å²) in [5.74, 6) is 0.817. The molecule has 2 rings (SSSR count). The number of hydrogen-bond acceptors (Lipinski definition) is 5. The fraction of sp³-hybridized carbons (Fsp3) is 0.250. The Kier molecular flexibility index (Phi) is 3.49. The maximum absolute atomic E-state index is 11.0. The number of carbonyl (C=O) groups excluding carboxylic acids is 1. The van der Waals surface area contributed by atoms with Crippen LogP contribution in [-0.2, 0) is 4.79 Å². The van der Waals surface area contributed by atoms with Gasteiger partial charge in [-0.3, -0.25) is 4.79 Å². The highest BCUT2D eigenvalue weighted by Crippen LogP contribution is 2.22. The molecule has 0 aromatic carbocycles. The molecule has 0 radical (unpaired) electrons. The molecule has 2 aromatic heterocycles. The van der Waals surface area contributed by atoms with Gasteiger partial charge in [0.1, 0.15) is 11.5 Å². The van der Waals surface area contributed by atoms with Crippen molar-refractivity contribution in [1.29, 1.82) is 0 Å². The van der Waals surface area contributed by atoms with Crippen LogP contribution in [0.1, 0.15) is 6.92 Å². The van der Waals surface area contributed by atoms with Crippen LogP contribution in [0.25, 0.3) is 10.6 Å². The van der Waals surface area contributed by atoms with E-state index in [9.17, 15) is 4.79 Å². The van der Waals surface area contributed by atoms with Gasteiger partial charge in [-0.2, -0.15) is 0 Å². The standard InChI is InChI=1S/C12H13N3OS/c1-9(16)8-15(2)12-6-5-10(13-14-12)11-4-3-7-17-11/h3-7H,8H2,1-2H3. The Balaban J connectivity index is 2.15. The van der Waals surface area contributed by atoms with Crippen molar-refractivity contribution in [1.82, 2.24) is 10.2 Å². The van der Waals surface area contributed by atoms with Gasteiger partial charge in [0.05, 0.1) is 11.4 Å². The van der Waals surface area contributed by atoms with Gasteiger partial charge in [0.15, 0.2) is 5.82 Å². The van der Waals surface area contributed by atoms with E-state index in [2.05, 4.69) is 10.2 Å². The Morgan fingerprint density at radius 2 is 2.18 bits per heavy atom. The first-order chi connectivity index (χ1) is 8.16. The van der Waals surface area contributed by atoms with Crippen molar-refractivity contribution in [3.63, 3.8) is 0 Å². The van der Waals surface area contributed by atoms with Gasteiger partial charge >= 0.3 is 0 Å². The Bertz CT molecular complexity index is 493. The molecule has 0 fully saturated rings. The maximum Gasteiger partial charge on any atom is 0.151 e. The van der Waals surface area contributed by atoms with E-state index in [1.54, 1.807) is 23.2 Å². The summed E-state index contributed by atoms with van der Waals surface area (Å²) in [7, 11) is 1.83. The summed E-state index contributed by atoms with van der Waals surface area (Å²) >= 11 is 1.63. The molecule has 0 unspecified atom stereocenters. The second-order valence-corrected chi connectivity index (χ2v) is 4.76. The van der Waals surface area contributed by atoms with Gasteiger partial charge < -0.3 is 4.90 Å². The minimum Gasteiger partial charge on any atom is -0.351 e. The van der Waals surface area contributed by atoms with Crippen molar-refractivity contribution in [2.75, 3.05) is 18.5 Å². The summed E-state index contributed by atoms with van der Waals surface area (Å²) in [6.07, 6.45) is 0. The predicted molar refractivity (Wildman–Crippen MR) is 69.3 cm³/mol. The molecule has 88 valence electrons. The molecule has 0 N–H and O–H groups in total. The highest BCUT2D eigenvalue weighted by molar-refractivity contribution is 7.13. The van der Waals surface area contributed by atoms with E-state index >= 15 is 0 Å². The minimum absolute atomic E-state index is 0.108. The van der Waals surface area contributed by atoms with E-state index < -0.39 is 0 Å². The number of rotatable bonds is 4. The summed E-state index contributed by atoms with van der Waals surface area (Å²) in [6, 6.07) is 7.79. The van der Waals surface area contributed by atoms with E-state index in [1.807, 2.05) is 36.7 Å². The molecule has 17 heavy (non-hydrogen) atoms. The van der Waals surface area contributed by atoms with Crippen LogP contribution in [0.5, 0.6) is 0 Å². The third kappa shape index (κ3) is 2.88. The largest absolute Gasteiger partial charge is 0.351 e. The molecule has 0 amide bonds.